The van der Waals surface area contributed by atoms with Crippen LogP contribution in [0.1, 0.15) is 17.5 Å². The van der Waals surface area contributed by atoms with E-state index in [2.05, 4.69) is 4.98 Å². The molecule has 0 amide bonds. The maximum Gasteiger partial charge on any atom is 0.310 e. The second kappa shape index (κ2) is 8.14. The summed E-state index contributed by atoms with van der Waals surface area (Å²) in [6.07, 6.45) is -0.0706. The van der Waals surface area contributed by atoms with Crippen molar-refractivity contribution in [2.24, 2.45) is 0 Å². The first-order valence-electron chi connectivity index (χ1n) is 8.98. The highest BCUT2D eigenvalue weighted by molar-refractivity contribution is 7.18. The van der Waals surface area contributed by atoms with Gasteiger partial charge in [0.1, 0.15) is 10.5 Å². The van der Waals surface area contributed by atoms with E-state index in [4.69, 9.17) is 27.9 Å². The molecule has 0 aliphatic rings. The number of carbonyl (C=O) groups is 1. The summed E-state index contributed by atoms with van der Waals surface area (Å²) < 4.78 is 7.54. The number of fused-ring (bicyclic) bond motifs is 2. The number of nitrogens with zero attached hydrogens (tertiary/aromatic N) is 2. The number of hydrogen-bond acceptors (Lipinski definition) is 5. The second-order valence-corrected chi connectivity index (χ2v) is 8.32. The van der Waals surface area contributed by atoms with Crippen LogP contribution in [0.4, 0.5) is 0 Å². The third kappa shape index (κ3) is 3.88. The minimum atomic E-state index is -0.423. The molecule has 4 aromatic rings. The van der Waals surface area contributed by atoms with Crippen molar-refractivity contribution in [2.45, 2.75) is 19.9 Å². The van der Waals surface area contributed by atoms with Crippen LogP contribution in [-0.2, 0) is 22.5 Å². The van der Waals surface area contributed by atoms with Crippen molar-refractivity contribution in [3.63, 3.8) is 0 Å². The highest BCUT2D eigenvalue weighted by Gasteiger charge is 2.16. The Hall–Kier alpha value is -2.41. The third-order valence-corrected chi connectivity index (χ3v) is 6.31. The van der Waals surface area contributed by atoms with Crippen LogP contribution in [0.15, 0.2) is 47.3 Å². The van der Waals surface area contributed by atoms with E-state index in [1.54, 1.807) is 23.6 Å². The van der Waals surface area contributed by atoms with E-state index < -0.39 is 5.97 Å². The maximum absolute atomic E-state index is 13.1. The van der Waals surface area contributed by atoms with Crippen molar-refractivity contribution < 1.29 is 9.53 Å². The normalized spacial score (nSPS) is 11.3. The Morgan fingerprint density at radius 3 is 2.79 bits per heavy atom. The summed E-state index contributed by atoms with van der Waals surface area (Å²) in [5.74, 6) is -0.423. The van der Waals surface area contributed by atoms with Crippen LogP contribution in [0.25, 0.3) is 21.1 Å². The smallest absolute Gasteiger partial charge is 0.310 e. The van der Waals surface area contributed by atoms with Gasteiger partial charge < -0.3 is 9.30 Å². The van der Waals surface area contributed by atoms with Crippen LogP contribution in [0.5, 0.6) is 0 Å². The molecule has 2 heterocycles. The van der Waals surface area contributed by atoms with Gasteiger partial charge in [0.25, 0.3) is 5.56 Å². The topological polar surface area (TPSA) is 61.2 Å². The number of rotatable bonds is 5. The van der Waals surface area contributed by atoms with Crippen LogP contribution in [-0.4, -0.2) is 22.1 Å². The summed E-state index contributed by atoms with van der Waals surface area (Å²) in [7, 11) is 0. The van der Waals surface area contributed by atoms with Gasteiger partial charge in [-0.1, -0.05) is 41.4 Å². The highest BCUT2D eigenvalue weighted by atomic mass is 35.5. The summed E-state index contributed by atoms with van der Waals surface area (Å²) in [5.41, 5.74) is 1.55. The number of hydrogen-bond donors (Lipinski definition) is 0. The van der Waals surface area contributed by atoms with E-state index >= 15 is 0 Å². The zero-order chi connectivity index (χ0) is 20.5. The molecule has 0 aliphatic carbocycles. The molecule has 0 bridgehead atoms. The van der Waals surface area contributed by atoms with Gasteiger partial charge in [0, 0.05) is 5.56 Å². The lowest BCUT2D eigenvalue weighted by atomic mass is 10.1. The number of ether oxygens (including phenoxy) is 1. The van der Waals surface area contributed by atoms with Crippen molar-refractivity contribution in [2.75, 3.05) is 6.61 Å². The lowest BCUT2D eigenvalue weighted by molar-refractivity contribution is -0.142. The van der Waals surface area contributed by atoms with Gasteiger partial charge in [0.2, 0.25) is 0 Å². The quantitative estimate of drug-likeness (QED) is 0.401. The number of aromatic nitrogens is 2. The SMILES string of the molecule is CCOC(=O)Cc1cc2ccccc2n(Cc2nc3c(Cl)c(Cl)ccc3s2)c1=O. The molecule has 0 N–H and O–H groups in total. The number of halogens is 2. The Morgan fingerprint density at radius 2 is 2.00 bits per heavy atom. The average molecular weight is 447 g/mol. The molecule has 2 aromatic carbocycles. The van der Waals surface area contributed by atoms with Gasteiger partial charge in [-0.25, -0.2) is 4.98 Å². The van der Waals surface area contributed by atoms with Gasteiger partial charge in [-0.3, -0.25) is 9.59 Å². The Kier molecular flexibility index (Phi) is 5.58. The standard InChI is InChI=1S/C21H16Cl2N2O3S/c1-2-28-18(26)10-13-9-12-5-3-4-6-15(12)25(21(13)27)11-17-24-20-16(29-17)8-7-14(22)19(20)23/h3-9H,2,10-11H2,1H3. The first-order chi connectivity index (χ1) is 14.0. The van der Waals surface area contributed by atoms with E-state index in [9.17, 15) is 9.59 Å². The Bertz CT molecular complexity index is 1300. The zero-order valence-electron chi connectivity index (χ0n) is 15.4. The predicted octanol–water partition coefficient (Wildman–Crippen LogP) is 5.07. The van der Waals surface area contributed by atoms with Crippen LogP contribution < -0.4 is 5.56 Å². The monoisotopic (exact) mass is 446 g/mol. The van der Waals surface area contributed by atoms with Gasteiger partial charge in [-0.15, -0.1) is 11.3 Å². The molecule has 0 atom stereocenters. The minimum Gasteiger partial charge on any atom is -0.466 e. The van der Waals surface area contributed by atoms with Gasteiger partial charge in [0.05, 0.1) is 39.8 Å². The fourth-order valence-corrected chi connectivity index (χ4v) is 4.61. The Balaban J connectivity index is 1.82. The fraction of sp³-hybridized carbons (Fsp3) is 0.190. The predicted molar refractivity (Wildman–Crippen MR) is 117 cm³/mol. The summed E-state index contributed by atoms with van der Waals surface area (Å²) in [6.45, 7) is 2.28. The number of esters is 1. The molecule has 29 heavy (non-hydrogen) atoms. The molecule has 0 spiro atoms. The lowest BCUT2D eigenvalue weighted by Crippen LogP contribution is -2.26. The first-order valence-corrected chi connectivity index (χ1v) is 10.6. The molecule has 5 nitrogen and oxygen atoms in total. The van der Waals surface area contributed by atoms with E-state index in [0.717, 1.165) is 20.6 Å². The van der Waals surface area contributed by atoms with Crippen molar-refractivity contribution >= 4 is 61.6 Å². The lowest BCUT2D eigenvalue weighted by Gasteiger charge is -2.11. The summed E-state index contributed by atoms with van der Waals surface area (Å²) in [4.78, 5) is 29.7. The van der Waals surface area contributed by atoms with E-state index in [1.807, 2.05) is 30.3 Å². The number of pyridine rings is 1. The van der Waals surface area contributed by atoms with Gasteiger partial charge in [-0.2, -0.15) is 0 Å². The van der Waals surface area contributed by atoms with E-state index in [0.29, 0.717) is 21.1 Å². The Morgan fingerprint density at radius 1 is 1.21 bits per heavy atom. The molecule has 0 aliphatic heterocycles. The van der Waals surface area contributed by atoms with Crippen molar-refractivity contribution in [1.29, 1.82) is 0 Å². The summed E-state index contributed by atoms with van der Waals surface area (Å²) in [6, 6.07) is 12.9. The molecule has 0 saturated heterocycles. The van der Waals surface area contributed by atoms with E-state index in [1.165, 1.54) is 11.3 Å². The molecule has 148 valence electrons. The molecule has 2 aromatic heterocycles. The van der Waals surface area contributed by atoms with Crippen molar-refractivity contribution in [1.82, 2.24) is 9.55 Å². The molecular formula is C21H16Cl2N2O3S. The summed E-state index contributed by atoms with van der Waals surface area (Å²) in [5, 5.41) is 2.44. The maximum atomic E-state index is 13.1. The van der Waals surface area contributed by atoms with Gasteiger partial charge in [-0.05, 0) is 36.6 Å². The fourth-order valence-electron chi connectivity index (χ4n) is 3.22. The molecular weight excluding hydrogens is 431 g/mol. The van der Waals surface area contributed by atoms with Crippen LogP contribution in [0.3, 0.4) is 0 Å². The highest BCUT2D eigenvalue weighted by Crippen LogP contribution is 2.33. The van der Waals surface area contributed by atoms with Crippen molar-refractivity contribution in [3.05, 3.63) is 73.4 Å². The van der Waals surface area contributed by atoms with Gasteiger partial charge >= 0.3 is 5.97 Å². The number of benzene rings is 2. The van der Waals surface area contributed by atoms with Crippen LogP contribution >= 0.6 is 34.5 Å². The third-order valence-electron chi connectivity index (χ3n) is 4.51. The molecule has 4 rings (SSSR count). The average Bonchev–Trinajstić information content (AvgIpc) is 3.12. The number of thiazole rings is 1. The number of para-hydroxylation sites is 1. The molecule has 0 fully saturated rings. The van der Waals surface area contributed by atoms with Gasteiger partial charge in [0.15, 0.2) is 0 Å². The van der Waals surface area contributed by atoms with Crippen LogP contribution in [0.2, 0.25) is 10.0 Å². The Labute approximate surface area is 180 Å². The molecule has 8 heteroatoms. The van der Waals surface area contributed by atoms with Crippen LogP contribution in [0, 0.1) is 0 Å². The zero-order valence-corrected chi connectivity index (χ0v) is 17.8. The largest absolute Gasteiger partial charge is 0.466 e. The second-order valence-electron chi connectivity index (χ2n) is 6.42. The summed E-state index contributed by atoms with van der Waals surface area (Å²) >= 11 is 13.8. The van der Waals surface area contributed by atoms with Crippen molar-refractivity contribution in [3.8, 4) is 0 Å². The molecule has 0 saturated carbocycles. The number of carbonyl (C=O) groups excluding carboxylic acids is 1. The molecule has 0 unspecified atom stereocenters. The first kappa shape index (κ1) is 19.9. The van der Waals surface area contributed by atoms with E-state index in [-0.39, 0.29) is 25.1 Å². The molecule has 0 radical (unpaired) electrons. The minimum absolute atomic E-state index is 0.0706.